The molecule has 0 spiro atoms. The zero-order valence-electron chi connectivity index (χ0n) is 16.2. The maximum absolute atomic E-state index is 5.49. The third kappa shape index (κ3) is 4.31. The summed E-state index contributed by atoms with van der Waals surface area (Å²) < 4.78 is 5.49. The molecule has 2 saturated heterocycles. The lowest BCUT2D eigenvalue weighted by molar-refractivity contribution is 0.123. The second kappa shape index (κ2) is 8.10. The standard InChI is InChI=1S/C20H28N6O/c1-16-21-19(15-20(22-16)26-9-7-24(2)8-10-26)23-17-5-3-4-6-18(17)25-11-13-27-14-12-25/h3-6,15H,7-14H2,1-2H3,(H,21,22,23). The number of piperazine rings is 1. The lowest BCUT2D eigenvalue weighted by atomic mass is 10.2. The van der Waals surface area contributed by atoms with Gasteiger partial charge in [0, 0.05) is 45.3 Å². The number of nitrogens with one attached hydrogen (secondary N) is 1. The second-order valence-electron chi connectivity index (χ2n) is 7.19. The maximum Gasteiger partial charge on any atom is 0.136 e. The lowest BCUT2D eigenvalue weighted by Crippen LogP contribution is -2.44. The number of hydrogen-bond donors (Lipinski definition) is 1. The van der Waals surface area contributed by atoms with Crippen molar-refractivity contribution in [2.75, 3.05) is 74.6 Å². The van der Waals surface area contributed by atoms with Crippen molar-refractivity contribution in [3.63, 3.8) is 0 Å². The number of para-hydroxylation sites is 2. The third-order valence-corrected chi connectivity index (χ3v) is 5.17. The summed E-state index contributed by atoms with van der Waals surface area (Å²) in [6.45, 7) is 9.44. The van der Waals surface area contributed by atoms with Crippen LogP contribution in [0.3, 0.4) is 0 Å². The smallest absolute Gasteiger partial charge is 0.136 e. The summed E-state index contributed by atoms with van der Waals surface area (Å²) in [6.07, 6.45) is 0. The zero-order chi connectivity index (χ0) is 18.6. The fourth-order valence-corrected chi connectivity index (χ4v) is 3.61. The number of nitrogens with zero attached hydrogens (tertiary/aromatic N) is 5. The topological polar surface area (TPSA) is 56.8 Å². The number of rotatable bonds is 4. The highest BCUT2D eigenvalue weighted by atomic mass is 16.5. The molecule has 3 heterocycles. The van der Waals surface area contributed by atoms with Crippen LogP contribution in [0.15, 0.2) is 30.3 Å². The van der Waals surface area contributed by atoms with E-state index < -0.39 is 0 Å². The van der Waals surface area contributed by atoms with Crippen LogP contribution in [0.25, 0.3) is 0 Å². The van der Waals surface area contributed by atoms with Crippen molar-refractivity contribution in [2.24, 2.45) is 0 Å². The van der Waals surface area contributed by atoms with Crippen molar-refractivity contribution >= 4 is 23.0 Å². The van der Waals surface area contributed by atoms with E-state index in [9.17, 15) is 0 Å². The van der Waals surface area contributed by atoms with E-state index in [0.717, 1.165) is 75.6 Å². The predicted molar refractivity (Wildman–Crippen MR) is 109 cm³/mol. The number of benzene rings is 1. The van der Waals surface area contributed by atoms with Gasteiger partial charge in [-0.15, -0.1) is 0 Å². The molecule has 1 aromatic carbocycles. The summed E-state index contributed by atoms with van der Waals surface area (Å²) in [5, 5.41) is 3.53. The summed E-state index contributed by atoms with van der Waals surface area (Å²) in [7, 11) is 2.16. The van der Waals surface area contributed by atoms with Crippen molar-refractivity contribution < 1.29 is 4.74 Å². The normalized spacial score (nSPS) is 18.6. The molecule has 0 radical (unpaired) electrons. The highest BCUT2D eigenvalue weighted by Crippen LogP contribution is 2.29. The van der Waals surface area contributed by atoms with Crippen molar-refractivity contribution in [3.8, 4) is 0 Å². The van der Waals surface area contributed by atoms with Crippen molar-refractivity contribution in [3.05, 3.63) is 36.2 Å². The quantitative estimate of drug-likeness (QED) is 0.887. The Morgan fingerprint density at radius 2 is 1.67 bits per heavy atom. The molecule has 27 heavy (non-hydrogen) atoms. The summed E-state index contributed by atoms with van der Waals surface area (Å²) >= 11 is 0. The average molecular weight is 368 g/mol. The van der Waals surface area contributed by atoms with E-state index >= 15 is 0 Å². The molecule has 7 heteroatoms. The van der Waals surface area contributed by atoms with Gasteiger partial charge in [0.15, 0.2) is 0 Å². The summed E-state index contributed by atoms with van der Waals surface area (Å²) in [4.78, 5) is 16.3. The average Bonchev–Trinajstić information content (AvgIpc) is 2.69. The Balaban J connectivity index is 1.56. The molecule has 7 nitrogen and oxygen atoms in total. The Morgan fingerprint density at radius 1 is 0.926 bits per heavy atom. The lowest BCUT2D eigenvalue weighted by Gasteiger charge is -2.33. The number of aryl methyl sites for hydroxylation is 1. The third-order valence-electron chi connectivity index (χ3n) is 5.17. The number of hydrogen-bond acceptors (Lipinski definition) is 7. The van der Waals surface area contributed by atoms with Crippen molar-refractivity contribution in [1.29, 1.82) is 0 Å². The number of aromatic nitrogens is 2. The molecule has 4 rings (SSSR count). The molecule has 0 bridgehead atoms. The molecule has 0 atom stereocenters. The first-order valence-corrected chi connectivity index (χ1v) is 9.67. The molecule has 2 aromatic rings. The molecule has 1 N–H and O–H groups in total. The van der Waals surface area contributed by atoms with Gasteiger partial charge in [-0.3, -0.25) is 0 Å². The number of ether oxygens (including phenoxy) is 1. The van der Waals surface area contributed by atoms with E-state index in [1.54, 1.807) is 0 Å². The monoisotopic (exact) mass is 368 g/mol. The highest BCUT2D eigenvalue weighted by Gasteiger charge is 2.18. The molecular formula is C20H28N6O. The van der Waals surface area contributed by atoms with Gasteiger partial charge in [-0.25, -0.2) is 9.97 Å². The van der Waals surface area contributed by atoms with Crippen LogP contribution < -0.4 is 15.1 Å². The van der Waals surface area contributed by atoms with Gasteiger partial charge in [-0.05, 0) is 26.1 Å². The van der Waals surface area contributed by atoms with Gasteiger partial charge in [0.05, 0.1) is 24.6 Å². The molecule has 2 aliphatic heterocycles. The Hall–Kier alpha value is -2.38. The Morgan fingerprint density at radius 3 is 2.44 bits per heavy atom. The van der Waals surface area contributed by atoms with Gasteiger partial charge in [-0.1, -0.05) is 12.1 Å². The SMILES string of the molecule is Cc1nc(Nc2ccccc2N2CCOCC2)cc(N2CCN(C)CC2)n1. The number of likely N-dealkylation sites (N-methyl/N-ethyl adjacent to an activating group) is 1. The first-order valence-electron chi connectivity index (χ1n) is 9.67. The molecule has 0 amide bonds. The van der Waals surface area contributed by atoms with Crippen molar-refractivity contribution in [1.82, 2.24) is 14.9 Å². The van der Waals surface area contributed by atoms with E-state index in [2.05, 4.69) is 67.4 Å². The Bertz CT molecular complexity index is 769. The molecule has 2 aliphatic rings. The minimum Gasteiger partial charge on any atom is -0.378 e. The molecule has 0 aliphatic carbocycles. The predicted octanol–water partition coefficient (Wildman–Crippen LogP) is 2.12. The fourth-order valence-electron chi connectivity index (χ4n) is 3.61. The number of morpholine rings is 1. The van der Waals surface area contributed by atoms with Crippen LogP contribution in [0.1, 0.15) is 5.82 Å². The summed E-state index contributed by atoms with van der Waals surface area (Å²) in [6, 6.07) is 10.5. The van der Waals surface area contributed by atoms with Gasteiger partial charge in [-0.2, -0.15) is 0 Å². The van der Waals surface area contributed by atoms with Crippen LogP contribution in [-0.2, 0) is 4.74 Å². The summed E-state index contributed by atoms with van der Waals surface area (Å²) in [5.41, 5.74) is 2.26. The van der Waals surface area contributed by atoms with E-state index in [-0.39, 0.29) is 0 Å². The van der Waals surface area contributed by atoms with E-state index in [1.165, 1.54) is 5.69 Å². The van der Waals surface area contributed by atoms with Crippen LogP contribution in [0.5, 0.6) is 0 Å². The largest absolute Gasteiger partial charge is 0.378 e. The fraction of sp³-hybridized carbons (Fsp3) is 0.500. The van der Waals surface area contributed by atoms with Crippen LogP contribution in [0.2, 0.25) is 0 Å². The van der Waals surface area contributed by atoms with Gasteiger partial charge in [0.1, 0.15) is 17.5 Å². The van der Waals surface area contributed by atoms with Crippen LogP contribution in [0.4, 0.5) is 23.0 Å². The second-order valence-corrected chi connectivity index (χ2v) is 7.19. The first kappa shape index (κ1) is 18.0. The van der Waals surface area contributed by atoms with Crippen LogP contribution >= 0.6 is 0 Å². The van der Waals surface area contributed by atoms with E-state index in [1.807, 2.05) is 6.92 Å². The molecule has 0 unspecified atom stereocenters. The van der Waals surface area contributed by atoms with Gasteiger partial charge < -0.3 is 24.8 Å². The summed E-state index contributed by atoms with van der Waals surface area (Å²) in [5.74, 6) is 2.64. The minimum absolute atomic E-state index is 0.772. The molecule has 2 fully saturated rings. The molecule has 144 valence electrons. The van der Waals surface area contributed by atoms with Gasteiger partial charge in [0.25, 0.3) is 0 Å². The molecule has 1 aromatic heterocycles. The van der Waals surface area contributed by atoms with Gasteiger partial charge in [0.2, 0.25) is 0 Å². The van der Waals surface area contributed by atoms with E-state index in [4.69, 9.17) is 4.74 Å². The first-order chi connectivity index (χ1) is 13.2. The minimum atomic E-state index is 0.772. The van der Waals surface area contributed by atoms with Crippen LogP contribution in [-0.4, -0.2) is 74.4 Å². The Kier molecular flexibility index (Phi) is 5.40. The maximum atomic E-state index is 5.49. The van der Waals surface area contributed by atoms with E-state index in [0.29, 0.717) is 0 Å². The van der Waals surface area contributed by atoms with Gasteiger partial charge >= 0.3 is 0 Å². The Labute approximate surface area is 161 Å². The van der Waals surface area contributed by atoms with Crippen molar-refractivity contribution in [2.45, 2.75) is 6.92 Å². The number of anilines is 4. The molecule has 0 saturated carbocycles. The molecular weight excluding hydrogens is 340 g/mol. The highest BCUT2D eigenvalue weighted by molar-refractivity contribution is 5.75. The van der Waals surface area contributed by atoms with Crippen LogP contribution in [0, 0.1) is 6.92 Å². The zero-order valence-corrected chi connectivity index (χ0v) is 16.2.